The van der Waals surface area contributed by atoms with E-state index in [4.69, 9.17) is 11.6 Å². The van der Waals surface area contributed by atoms with Gasteiger partial charge in [0.2, 0.25) is 5.91 Å². The van der Waals surface area contributed by atoms with Gasteiger partial charge in [0.15, 0.2) is 0 Å². The molecular formula is C16H14ClN3O2. The lowest BCUT2D eigenvalue weighted by Gasteiger charge is -2.09. The third kappa shape index (κ3) is 2.95. The normalized spacial score (nSPS) is 10.8. The number of nitrogens with zero attached hydrogens (tertiary/aromatic N) is 2. The summed E-state index contributed by atoms with van der Waals surface area (Å²) in [7, 11) is 0. The van der Waals surface area contributed by atoms with Crippen molar-refractivity contribution < 1.29 is 9.90 Å². The smallest absolute Gasteiger partial charge is 0.244 e. The number of aromatic nitrogens is 2. The van der Waals surface area contributed by atoms with Gasteiger partial charge in [0.05, 0.1) is 11.0 Å². The average molecular weight is 316 g/mol. The van der Waals surface area contributed by atoms with Crippen molar-refractivity contribution in [2.45, 2.75) is 13.2 Å². The van der Waals surface area contributed by atoms with Gasteiger partial charge in [-0.1, -0.05) is 29.8 Å². The van der Waals surface area contributed by atoms with Crippen LogP contribution in [0.3, 0.4) is 0 Å². The van der Waals surface area contributed by atoms with E-state index < -0.39 is 0 Å². The fourth-order valence-corrected chi connectivity index (χ4v) is 2.52. The van der Waals surface area contributed by atoms with Crippen molar-refractivity contribution in [1.29, 1.82) is 0 Å². The summed E-state index contributed by atoms with van der Waals surface area (Å²) in [4.78, 5) is 16.5. The molecule has 0 saturated heterocycles. The summed E-state index contributed by atoms with van der Waals surface area (Å²) in [5, 5.41) is 12.8. The van der Waals surface area contributed by atoms with Crippen LogP contribution in [-0.4, -0.2) is 20.6 Å². The van der Waals surface area contributed by atoms with Crippen molar-refractivity contribution in [3.63, 3.8) is 0 Å². The number of carbonyl (C=O) groups is 1. The second-order valence-corrected chi connectivity index (χ2v) is 5.26. The number of carbonyl (C=O) groups excluding carboxylic acids is 1. The molecule has 0 aliphatic heterocycles. The van der Waals surface area contributed by atoms with Gasteiger partial charge in [-0.25, -0.2) is 4.98 Å². The topological polar surface area (TPSA) is 67.2 Å². The van der Waals surface area contributed by atoms with Crippen LogP contribution in [0, 0.1) is 0 Å². The molecule has 3 aromatic rings. The highest BCUT2D eigenvalue weighted by molar-refractivity contribution is 6.30. The number of anilines is 1. The quantitative estimate of drug-likeness (QED) is 0.778. The molecule has 0 fully saturated rings. The van der Waals surface area contributed by atoms with Crippen LogP contribution >= 0.6 is 11.6 Å². The van der Waals surface area contributed by atoms with Crippen LogP contribution in [0.2, 0.25) is 5.02 Å². The van der Waals surface area contributed by atoms with Crippen LogP contribution in [0.15, 0.2) is 48.5 Å². The number of halogens is 1. The van der Waals surface area contributed by atoms with E-state index >= 15 is 0 Å². The fraction of sp³-hybridized carbons (Fsp3) is 0.125. The first-order valence-corrected chi connectivity index (χ1v) is 7.15. The van der Waals surface area contributed by atoms with Crippen LogP contribution in [0.1, 0.15) is 5.82 Å². The highest BCUT2D eigenvalue weighted by atomic mass is 35.5. The Morgan fingerprint density at radius 2 is 2.05 bits per heavy atom. The van der Waals surface area contributed by atoms with Crippen LogP contribution in [-0.2, 0) is 17.9 Å². The van der Waals surface area contributed by atoms with Crippen molar-refractivity contribution in [3.05, 3.63) is 59.4 Å². The summed E-state index contributed by atoms with van der Waals surface area (Å²) in [6, 6.07) is 14.4. The number of aliphatic hydroxyl groups excluding tert-OH is 1. The molecule has 112 valence electrons. The summed E-state index contributed by atoms with van der Waals surface area (Å²) in [6.07, 6.45) is 0. The third-order valence-electron chi connectivity index (χ3n) is 3.29. The lowest BCUT2D eigenvalue weighted by molar-refractivity contribution is -0.116. The molecule has 0 aliphatic carbocycles. The maximum atomic E-state index is 12.2. The molecule has 6 heteroatoms. The SMILES string of the molecule is O=C(Cn1c(CO)nc2ccccc21)Nc1cccc(Cl)c1. The molecule has 1 amide bonds. The van der Waals surface area contributed by atoms with Gasteiger partial charge in [0, 0.05) is 10.7 Å². The minimum atomic E-state index is -0.223. The molecule has 22 heavy (non-hydrogen) atoms. The highest BCUT2D eigenvalue weighted by Crippen LogP contribution is 2.18. The Labute approximate surface area is 132 Å². The van der Waals surface area contributed by atoms with E-state index in [0.717, 1.165) is 11.0 Å². The second-order valence-electron chi connectivity index (χ2n) is 4.82. The van der Waals surface area contributed by atoms with Gasteiger partial charge < -0.3 is 15.0 Å². The van der Waals surface area contributed by atoms with Gasteiger partial charge in [-0.2, -0.15) is 0 Å². The van der Waals surface area contributed by atoms with E-state index in [0.29, 0.717) is 16.5 Å². The number of amides is 1. The maximum absolute atomic E-state index is 12.2. The molecule has 5 nitrogen and oxygen atoms in total. The molecule has 0 bridgehead atoms. The summed E-state index contributed by atoms with van der Waals surface area (Å²) in [5.41, 5.74) is 2.20. The van der Waals surface area contributed by atoms with E-state index in [1.54, 1.807) is 28.8 Å². The molecule has 0 spiro atoms. The Hall–Kier alpha value is -2.37. The van der Waals surface area contributed by atoms with E-state index in [1.165, 1.54) is 0 Å². The van der Waals surface area contributed by atoms with E-state index in [-0.39, 0.29) is 19.1 Å². The zero-order chi connectivity index (χ0) is 15.5. The Balaban J connectivity index is 1.85. The zero-order valence-electron chi connectivity index (χ0n) is 11.7. The molecule has 0 unspecified atom stereocenters. The largest absolute Gasteiger partial charge is 0.388 e. The standard InChI is InChI=1S/C16H14ClN3O2/c17-11-4-3-5-12(8-11)18-16(22)9-20-14-7-2-1-6-13(14)19-15(20)10-21/h1-8,21H,9-10H2,(H,18,22). The minimum Gasteiger partial charge on any atom is -0.388 e. The molecule has 2 aromatic carbocycles. The molecule has 1 heterocycles. The summed E-state index contributed by atoms with van der Waals surface area (Å²) < 4.78 is 1.70. The number of fused-ring (bicyclic) bond motifs is 1. The van der Waals surface area contributed by atoms with Crippen LogP contribution in [0.4, 0.5) is 5.69 Å². The molecule has 2 N–H and O–H groups in total. The number of hydrogen-bond acceptors (Lipinski definition) is 3. The Bertz CT molecular complexity index is 829. The maximum Gasteiger partial charge on any atom is 0.244 e. The number of hydrogen-bond donors (Lipinski definition) is 2. The van der Waals surface area contributed by atoms with E-state index in [9.17, 15) is 9.90 Å². The second kappa shape index (κ2) is 6.17. The van der Waals surface area contributed by atoms with Crippen molar-refractivity contribution >= 4 is 34.2 Å². The monoisotopic (exact) mass is 315 g/mol. The van der Waals surface area contributed by atoms with Crippen molar-refractivity contribution in [3.8, 4) is 0 Å². The minimum absolute atomic E-state index is 0.0723. The predicted molar refractivity (Wildman–Crippen MR) is 85.7 cm³/mol. The molecular weight excluding hydrogens is 302 g/mol. The average Bonchev–Trinajstić information content (AvgIpc) is 2.85. The van der Waals surface area contributed by atoms with Crippen molar-refractivity contribution in [2.75, 3.05) is 5.32 Å². The fourth-order valence-electron chi connectivity index (χ4n) is 2.33. The number of para-hydroxylation sites is 2. The first-order valence-electron chi connectivity index (χ1n) is 6.78. The number of rotatable bonds is 4. The first kappa shape index (κ1) is 14.6. The Kier molecular flexibility index (Phi) is 4.09. The summed E-state index contributed by atoms with van der Waals surface area (Å²) >= 11 is 5.90. The van der Waals surface area contributed by atoms with Crippen molar-refractivity contribution in [1.82, 2.24) is 9.55 Å². The molecule has 0 atom stereocenters. The van der Waals surface area contributed by atoms with Crippen LogP contribution in [0.25, 0.3) is 11.0 Å². The molecule has 1 aromatic heterocycles. The molecule has 0 radical (unpaired) electrons. The van der Waals surface area contributed by atoms with Gasteiger partial charge in [0.1, 0.15) is 19.0 Å². The molecule has 0 saturated carbocycles. The van der Waals surface area contributed by atoms with Crippen LogP contribution in [0.5, 0.6) is 0 Å². The lowest BCUT2D eigenvalue weighted by Crippen LogP contribution is -2.20. The van der Waals surface area contributed by atoms with Gasteiger partial charge in [0.25, 0.3) is 0 Å². The van der Waals surface area contributed by atoms with E-state index in [2.05, 4.69) is 10.3 Å². The van der Waals surface area contributed by atoms with Crippen molar-refractivity contribution in [2.24, 2.45) is 0 Å². The summed E-state index contributed by atoms with van der Waals surface area (Å²) in [6.45, 7) is -0.151. The molecule has 0 aliphatic rings. The van der Waals surface area contributed by atoms with Crippen LogP contribution < -0.4 is 5.32 Å². The zero-order valence-corrected chi connectivity index (χ0v) is 12.4. The van der Waals surface area contributed by atoms with Gasteiger partial charge in [-0.05, 0) is 30.3 Å². The summed E-state index contributed by atoms with van der Waals surface area (Å²) in [5.74, 6) is 0.252. The predicted octanol–water partition coefficient (Wildman–Crippen LogP) is 2.82. The highest BCUT2D eigenvalue weighted by Gasteiger charge is 2.13. The number of aliphatic hydroxyl groups is 1. The Morgan fingerprint density at radius 3 is 2.82 bits per heavy atom. The van der Waals surface area contributed by atoms with Gasteiger partial charge in [-0.15, -0.1) is 0 Å². The van der Waals surface area contributed by atoms with E-state index in [1.807, 2.05) is 24.3 Å². The Morgan fingerprint density at radius 1 is 1.23 bits per heavy atom. The number of nitrogens with one attached hydrogen (secondary N) is 1. The van der Waals surface area contributed by atoms with Gasteiger partial charge in [-0.3, -0.25) is 4.79 Å². The molecule has 3 rings (SSSR count). The first-order chi connectivity index (χ1) is 10.7. The lowest BCUT2D eigenvalue weighted by atomic mass is 10.3. The number of imidazole rings is 1. The third-order valence-corrected chi connectivity index (χ3v) is 3.52. The van der Waals surface area contributed by atoms with Gasteiger partial charge >= 0.3 is 0 Å². The number of benzene rings is 2.